The van der Waals surface area contributed by atoms with Crippen molar-refractivity contribution in [1.29, 1.82) is 0 Å². The minimum Gasteiger partial charge on any atom is -0.443 e. The average Bonchev–Trinajstić information content (AvgIpc) is 2.36. The smallest absolute Gasteiger partial charge is 0.424 e. The molecule has 1 rings (SSSR count). The number of nitrogens with zero attached hydrogens (tertiary/aromatic N) is 2. The van der Waals surface area contributed by atoms with Gasteiger partial charge in [0, 0.05) is 6.07 Å². The van der Waals surface area contributed by atoms with Crippen LogP contribution in [0, 0.1) is 10.7 Å². The lowest BCUT2D eigenvalue weighted by atomic mass is 10.2. The number of imide groups is 1. The van der Waals surface area contributed by atoms with E-state index in [1.165, 1.54) is 0 Å². The Morgan fingerprint density at radius 3 is 1.84 bits per heavy atom. The number of hydrogen-bond donors (Lipinski definition) is 1. The van der Waals surface area contributed by atoms with Crippen molar-refractivity contribution >= 4 is 23.6 Å². The molecule has 2 amide bonds. The van der Waals surface area contributed by atoms with Gasteiger partial charge in [-0.2, -0.15) is 9.29 Å². The summed E-state index contributed by atoms with van der Waals surface area (Å²) in [4.78, 5) is 35.6. The van der Waals surface area contributed by atoms with Crippen LogP contribution in [0.2, 0.25) is 0 Å². The van der Waals surface area contributed by atoms with E-state index in [0.29, 0.717) is 4.90 Å². The van der Waals surface area contributed by atoms with Gasteiger partial charge in [-0.25, -0.2) is 14.8 Å². The maximum absolute atomic E-state index is 13.6. The molecule has 138 valence electrons. The third kappa shape index (κ3) is 6.02. The lowest BCUT2D eigenvalue weighted by Gasteiger charge is -2.28. The normalized spacial score (nSPS) is 11.6. The molecule has 0 aliphatic heterocycles. The van der Waals surface area contributed by atoms with Crippen LogP contribution >= 0.6 is 0 Å². The minimum atomic E-state index is -1.07. The third-order valence-electron chi connectivity index (χ3n) is 2.55. The number of carbonyl (C=O) groups excluding carboxylic acids is 2. The van der Waals surface area contributed by atoms with Crippen molar-refractivity contribution in [2.24, 2.45) is 0 Å². The highest BCUT2D eigenvalue weighted by atomic mass is 19.1. The lowest BCUT2D eigenvalue weighted by molar-refractivity contribution is -0.730. The second-order valence-electron chi connectivity index (χ2n) is 7.20. The molecule has 25 heavy (non-hydrogen) atoms. The maximum Gasteiger partial charge on any atom is 0.424 e. The molecule has 0 radical (unpaired) electrons. The van der Waals surface area contributed by atoms with Gasteiger partial charge in [0.15, 0.2) is 0 Å². The molecule has 1 N–H and O–H groups in total. The van der Waals surface area contributed by atoms with Gasteiger partial charge < -0.3 is 9.47 Å². The van der Waals surface area contributed by atoms with Gasteiger partial charge in [-0.1, -0.05) is 0 Å². The number of ether oxygens (including phenoxy) is 2. The fraction of sp³-hybridized carbons (Fsp3) is 0.500. The largest absolute Gasteiger partial charge is 0.443 e. The summed E-state index contributed by atoms with van der Waals surface area (Å²) >= 11 is 0. The molecule has 1 aromatic rings. The second kappa shape index (κ2) is 7.04. The molecule has 0 aromatic heterocycles. The average molecular weight is 357 g/mol. The van der Waals surface area contributed by atoms with E-state index in [0.717, 1.165) is 18.2 Å². The quantitative estimate of drug-likeness (QED) is 0.793. The zero-order valence-corrected chi connectivity index (χ0v) is 15.0. The Bertz CT molecular complexity index is 663. The predicted octanol–water partition coefficient (Wildman–Crippen LogP) is 4.30. The van der Waals surface area contributed by atoms with E-state index in [1.54, 1.807) is 41.5 Å². The lowest BCUT2D eigenvalue weighted by Crippen LogP contribution is -2.43. The second-order valence-corrected chi connectivity index (χ2v) is 7.20. The van der Waals surface area contributed by atoms with Crippen molar-refractivity contribution < 1.29 is 33.6 Å². The van der Waals surface area contributed by atoms with E-state index >= 15 is 0 Å². The Hall–Kier alpha value is -2.71. The Kier molecular flexibility index (Phi) is 5.72. The summed E-state index contributed by atoms with van der Waals surface area (Å²) in [5.74, 6) is -1.03. The van der Waals surface area contributed by atoms with Crippen LogP contribution in [0.4, 0.5) is 25.4 Å². The Labute approximate surface area is 144 Å². The SMILES string of the molecule is CC(C)(C)OC(=O)N(C(=O)OC(C)(C)C)c1ccc(F)c([N+](=O)O)c1. The minimum absolute atomic E-state index is 0.199. The summed E-state index contributed by atoms with van der Waals surface area (Å²) in [5.41, 5.74) is -2.80. The number of carbonyl (C=O) groups is 2. The zero-order valence-electron chi connectivity index (χ0n) is 15.0. The molecule has 1 aromatic carbocycles. The molecule has 0 saturated carbocycles. The fourth-order valence-electron chi connectivity index (χ4n) is 1.69. The Morgan fingerprint density at radius 2 is 1.48 bits per heavy atom. The summed E-state index contributed by atoms with van der Waals surface area (Å²) in [6.07, 6.45) is -2.15. The van der Waals surface area contributed by atoms with Crippen molar-refractivity contribution in [3.05, 3.63) is 28.9 Å². The van der Waals surface area contributed by atoms with Crippen LogP contribution in [0.1, 0.15) is 41.5 Å². The molecule has 0 unspecified atom stereocenters. The van der Waals surface area contributed by atoms with Gasteiger partial charge in [0.25, 0.3) is 4.92 Å². The van der Waals surface area contributed by atoms with Crippen molar-refractivity contribution in [1.82, 2.24) is 0 Å². The molecule has 0 atom stereocenters. The molecule has 0 spiro atoms. The van der Waals surface area contributed by atoms with Gasteiger partial charge >= 0.3 is 17.9 Å². The molecule has 0 heterocycles. The van der Waals surface area contributed by atoms with Gasteiger partial charge in [-0.15, -0.1) is 0 Å². The zero-order chi connectivity index (χ0) is 19.6. The fourth-order valence-corrected chi connectivity index (χ4v) is 1.69. The first-order valence-electron chi connectivity index (χ1n) is 7.43. The number of amides is 2. The summed E-state index contributed by atoms with van der Waals surface area (Å²) < 4.78 is 23.9. The molecular formula is C16H22FN2O6+. The number of anilines is 1. The van der Waals surface area contributed by atoms with Gasteiger partial charge in [0.2, 0.25) is 5.82 Å². The standard InChI is InChI=1S/C16H22FN2O6/c1-15(2,3)24-13(20)18(14(21)25-16(4,5)6)10-7-8-11(17)12(9-10)19(22)23/h7-9H,1-6H3,(H,22,23)/q+1. The van der Waals surface area contributed by atoms with Crippen LogP contribution < -0.4 is 4.90 Å². The third-order valence-corrected chi connectivity index (χ3v) is 2.55. The van der Waals surface area contributed by atoms with E-state index in [1.807, 2.05) is 0 Å². The molecule has 9 heteroatoms. The highest BCUT2D eigenvalue weighted by Crippen LogP contribution is 2.27. The van der Waals surface area contributed by atoms with E-state index < -0.39 is 39.8 Å². The molecule has 0 fully saturated rings. The Balaban J connectivity index is 3.36. The first-order chi connectivity index (χ1) is 11.2. The van der Waals surface area contributed by atoms with E-state index in [9.17, 15) is 18.9 Å². The van der Waals surface area contributed by atoms with Gasteiger partial charge in [0.05, 0.1) is 10.6 Å². The number of hydrogen-bond acceptors (Lipinski definition) is 5. The first kappa shape index (κ1) is 20.3. The van der Waals surface area contributed by atoms with Crippen LogP contribution in [0.5, 0.6) is 0 Å². The molecule has 8 nitrogen and oxygen atoms in total. The summed E-state index contributed by atoms with van der Waals surface area (Å²) in [6, 6.07) is 2.74. The highest BCUT2D eigenvalue weighted by Gasteiger charge is 2.34. The molecular weight excluding hydrogens is 335 g/mol. The van der Waals surface area contributed by atoms with E-state index in [2.05, 4.69) is 0 Å². The maximum atomic E-state index is 13.6. The molecule has 0 aliphatic rings. The van der Waals surface area contributed by atoms with E-state index in [-0.39, 0.29) is 5.69 Å². The van der Waals surface area contributed by atoms with Crippen molar-refractivity contribution in [3.8, 4) is 0 Å². The number of rotatable bonds is 2. The van der Waals surface area contributed by atoms with Gasteiger partial charge in [-0.3, -0.25) is 0 Å². The molecule has 0 aliphatic carbocycles. The summed E-state index contributed by atoms with van der Waals surface area (Å²) in [7, 11) is 0. The monoisotopic (exact) mass is 357 g/mol. The predicted molar refractivity (Wildman–Crippen MR) is 86.4 cm³/mol. The van der Waals surface area contributed by atoms with Gasteiger partial charge in [-0.05, 0) is 53.7 Å². The molecule has 0 saturated heterocycles. The number of benzene rings is 1. The van der Waals surface area contributed by atoms with Crippen LogP contribution in [0.3, 0.4) is 0 Å². The van der Waals surface area contributed by atoms with Crippen LogP contribution in [0.25, 0.3) is 0 Å². The van der Waals surface area contributed by atoms with Crippen LogP contribution in [-0.4, -0.2) is 33.5 Å². The van der Waals surface area contributed by atoms with Gasteiger partial charge in [0.1, 0.15) is 11.2 Å². The highest BCUT2D eigenvalue weighted by molar-refractivity contribution is 6.09. The Morgan fingerprint density at radius 1 is 1.04 bits per heavy atom. The summed E-state index contributed by atoms with van der Waals surface area (Å²) in [5, 5.41) is 8.95. The molecule has 0 bridgehead atoms. The summed E-state index contributed by atoms with van der Waals surface area (Å²) in [6.45, 7) is 9.59. The number of halogens is 1. The van der Waals surface area contributed by atoms with Crippen molar-refractivity contribution in [2.75, 3.05) is 4.90 Å². The van der Waals surface area contributed by atoms with Crippen molar-refractivity contribution in [3.63, 3.8) is 0 Å². The van der Waals surface area contributed by atoms with Crippen LogP contribution in [-0.2, 0) is 9.47 Å². The van der Waals surface area contributed by atoms with E-state index in [4.69, 9.17) is 14.7 Å². The van der Waals surface area contributed by atoms with Crippen LogP contribution in [0.15, 0.2) is 18.2 Å². The first-order valence-corrected chi connectivity index (χ1v) is 7.43. The topological polar surface area (TPSA) is 96.2 Å². The van der Waals surface area contributed by atoms with Crippen molar-refractivity contribution in [2.45, 2.75) is 52.7 Å².